The minimum Gasteiger partial charge on any atom is -0.297 e. The van der Waals surface area contributed by atoms with Gasteiger partial charge < -0.3 is 0 Å². The van der Waals surface area contributed by atoms with Gasteiger partial charge in [0.15, 0.2) is 5.78 Å². The number of hydrogen-bond acceptors (Lipinski definition) is 4. The van der Waals surface area contributed by atoms with E-state index in [-0.39, 0.29) is 23.9 Å². The summed E-state index contributed by atoms with van der Waals surface area (Å²) >= 11 is 0. The molecule has 0 atom stereocenters. The molecule has 1 aromatic heterocycles. The smallest absolute Gasteiger partial charge is 0.297 e. The van der Waals surface area contributed by atoms with E-state index in [4.69, 9.17) is 0 Å². The third-order valence-corrected chi connectivity index (χ3v) is 2.86. The van der Waals surface area contributed by atoms with Gasteiger partial charge in [-0.15, -0.1) is 0 Å². The summed E-state index contributed by atoms with van der Waals surface area (Å²) in [6.07, 6.45) is 1.89. The summed E-state index contributed by atoms with van der Waals surface area (Å²) in [7, 11) is 0. The van der Waals surface area contributed by atoms with Crippen LogP contribution in [0.15, 0.2) is 0 Å². The molecule has 0 aliphatic heterocycles. The van der Waals surface area contributed by atoms with Crippen molar-refractivity contribution in [2.75, 3.05) is 0 Å². The molecule has 2 rings (SSSR count). The van der Waals surface area contributed by atoms with Crippen molar-refractivity contribution in [3.8, 4) is 0 Å². The Bertz CT molecular complexity index is 460. The molecule has 1 fully saturated rings. The lowest BCUT2D eigenvalue weighted by atomic mass is 10.2. The molecule has 1 aromatic rings. The van der Waals surface area contributed by atoms with Gasteiger partial charge in [-0.25, -0.2) is 0 Å². The average molecular weight is 223 g/mol. The van der Waals surface area contributed by atoms with Crippen LogP contribution in [0.2, 0.25) is 0 Å². The number of nitrogens with zero attached hydrogens (tertiary/aromatic N) is 3. The third-order valence-electron chi connectivity index (χ3n) is 2.86. The van der Waals surface area contributed by atoms with Gasteiger partial charge >= 0.3 is 5.69 Å². The van der Waals surface area contributed by atoms with Gasteiger partial charge in [0.05, 0.1) is 4.92 Å². The van der Waals surface area contributed by atoms with Crippen LogP contribution in [0.25, 0.3) is 0 Å². The molecular formula is C10H13N3O3. The number of rotatable bonds is 4. The number of nitro groups is 1. The summed E-state index contributed by atoms with van der Waals surface area (Å²) in [6, 6.07) is 0. The quantitative estimate of drug-likeness (QED) is 0.570. The van der Waals surface area contributed by atoms with Crippen LogP contribution in [0.1, 0.15) is 24.2 Å². The molecule has 0 aromatic carbocycles. The summed E-state index contributed by atoms with van der Waals surface area (Å²) in [6.45, 7) is 3.37. The standard InChI is InChI=1S/C10H13N3O3/c1-6-10(13(15)16)7(2)12(11-6)5-9(14)8-3-4-8/h8H,3-5H2,1-2H3. The molecule has 1 saturated carbocycles. The molecule has 1 heterocycles. The topological polar surface area (TPSA) is 78.0 Å². The Kier molecular flexibility index (Phi) is 2.49. The van der Waals surface area contributed by atoms with E-state index in [2.05, 4.69) is 5.10 Å². The zero-order valence-corrected chi connectivity index (χ0v) is 9.27. The molecule has 0 amide bonds. The lowest BCUT2D eigenvalue weighted by molar-refractivity contribution is -0.386. The van der Waals surface area contributed by atoms with Gasteiger partial charge in [-0.1, -0.05) is 0 Å². The molecule has 0 unspecified atom stereocenters. The fourth-order valence-corrected chi connectivity index (χ4v) is 1.79. The minimum absolute atomic E-state index is 0.0172. The maximum Gasteiger partial charge on any atom is 0.312 e. The van der Waals surface area contributed by atoms with Crippen molar-refractivity contribution in [2.45, 2.75) is 33.2 Å². The summed E-state index contributed by atoms with van der Waals surface area (Å²) < 4.78 is 1.44. The average Bonchev–Trinajstić information content (AvgIpc) is 2.95. The van der Waals surface area contributed by atoms with E-state index in [0.717, 1.165) is 12.8 Å². The molecule has 0 bridgehead atoms. The Morgan fingerprint density at radius 3 is 2.62 bits per heavy atom. The first kappa shape index (κ1) is 10.8. The molecule has 16 heavy (non-hydrogen) atoms. The number of hydrogen-bond donors (Lipinski definition) is 0. The van der Waals surface area contributed by atoms with Gasteiger partial charge in [0, 0.05) is 5.92 Å². The normalized spacial score (nSPS) is 15.1. The molecule has 0 saturated heterocycles. The van der Waals surface area contributed by atoms with Crippen LogP contribution in [0.3, 0.4) is 0 Å². The number of aryl methyl sites for hydroxylation is 1. The Labute approximate surface area is 92.4 Å². The molecule has 1 aliphatic carbocycles. The van der Waals surface area contributed by atoms with Gasteiger partial charge in [0.2, 0.25) is 0 Å². The monoisotopic (exact) mass is 223 g/mol. The molecule has 1 aliphatic rings. The van der Waals surface area contributed by atoms with Gasteiger partial charge in [0.25, 0.3) is 0 Å². The van der Waals surface area contributed by atoms with Crippen molar-refractivity contribution in [2.24, 2.45) is 5.92 Å². The fraction of sp³-hybridized carbons (Fsp3) is 0.600. The molecule has 0 N–H and O–H groups in total. The number of ketones is 1. The first-order valence-corrected chi connectivity index (χ1v) is 5.22. The van der Waals surface area contributed by atoms with Crippen LogP contribution in [0.5, 0.6) is 0 Å². The summed E-state index contributed by atoms with van der Waals surface area (Å²) in [5.41, 5.74) is 0.839. The Morgan fingerprint density at radius 1 is 1.56 bits per heavy atom. The van der Waals surface area contributed by atoms with Crippen LogP contribution in [0, 0.1) is 29.9 Å². The highest BCUT2D eigenvalue weighted by Gasteiger charge is 2.31. The predicted molar refractivity (Wildman–Crippen MR) is 56.1 cm³/mol. The molecule has 0 spiro atoms. The van der Waals surface area contributed by atoms with E-state index in [9.17, 15) is 14.9 Å². The van der Waals surface area contributed by atoms with Crippen molar-refractivity contribution in [1.29, 1.82) is 0 Å². The lowest BCUT2D eigenvalue weighted by Gasteiger charge is -2.01. The van der Waals surface area contributed by atoms with Crippen molar-refractivity contribution >= 4 is 11.5 Å². The Balaban J connectivity index is 2.24. The first-order chi connectivity index (χ1) is 7.50. The lowest BCUT2D eigenvalue weighted by Crippen LogP contribution is -2.14. The highest BCUT2D eigenvalue weighted by atomic mass is 16.6. The van der Waals surface area contributed by atoms with Crippen LogP contribution < -0.4 is 0 Å². The summed E-state index contributed by atoms with van der Waals surface area (Å²) in [5, 5.41) is 14.8. The number of Topliss-reactive ketones (excluding diaryl/α,β-unsaturated/α-hetero) is 1. The van der Waals surface area contributed by atoms with E-state index in [1.165, 1.54) is 4.68 Å². The van der Waals surface area contributed by atoms with Crippen molar-refractivity contribution < 1.29 is 9.72 Å². The third kappa shape index (κ3) is 1.82. The van der Waals surface area contributed by atoms with Crippen molar-refractivity contribution in [3.63, 3.8) is 0 Å². The highest BCUT2D eigenvalue weighted by molar-refractivity contribution is 5.83. The van der Waals surface area contributed by atoms with Gasteiger partial charge in [-0.3, -0.25) is 19.6 Å². The van der Waals surface area contributed by atoms with E-state index >= 15 is 0 Å². The molecule has 86 valence electrons. The van der Waals surface area contributed by atoms with E-state index < -0.39 is 4.92 Å². The maximum atomic E-state index is 11.6. The second-order valence-corrected chi connectivity index (χ2v) is 4.17. The molecule has 0 radical (unpaired) electrons. The van der Waals surface area contributed by atoms with Crippen LogP contribution in [-0.4, -0.2) is 20.5 Å². The summed E-state index contributed by atoms with van der Waals surface area (Å²) in [5.74, 6) is 0.281. The number of carbonyl (C=O) groups is 1. The van der Waals surface area contributed by atoms with Crippen LogP contribution in [-0.2, 0) is 11.3 Å². The van der Waals surface area contributed by atoms with Gasteiger partial charge in [-0.2, -0.15) is 5.10 Å². The van der Waals surface area contributed by atoms with E-state index in [0.29, 0.717) is 11.4 Å². The second kappa shape index (κ2) is 3.70. The van der Waals surface area contributed by atoms with Crippen molar-refractivity contribution in [3.05, 3.63) is 21.5 Å². The van der Waals surface area contributed by atoms with E-state index in [1.54, 1.807) is 13.8 Å². The first-order valence-electron chi connectivity index (χ1n) is 5.22. The van der Waals surface area contributed by atoms with E-state index in [1.807, 2.05) is 0 Å². The summed E-state index contributed by atoms with van der Waals surface area (Å²) in [4.78, 5) is 21.9. The van der Waals surface area contributed by atoms with Gasteiger partial charge in [0.1, 0.15) is 17.9 Å². The second-order valence-electron chi connectivity index (χ2n) is 4.17. The largest absolute Gasteiger partial charge is 0.312 e. The molecule has 6 heteroatoms. The molecular weight excluding hydrogens is 210 g/mol. The Morgan fingerprint density at radius 2 is 2.19 bits per heavy atom. The van der Waals surface area contributed by atoms with Crippen LogP contribution in [0.4, 0.5) is 5.69 Å². The number of carbonyl (C=O) groups excluding carboxylic acids is 1. The Hall–Kier alpha value is -1.72. The molecule has 6 nitrogen and oxygen atoms in total. The number of aromatic nitrogens is 2. The minimum atomic E-state index is -0.449. The van der Waals surface area contributed by atoms with Gasteiger partial charge in [-0.05, 0) is 26.7 Å². The maximum absolute atomic E-state index is 11.6. The van der Waals surface area contributed by atoms with Crippen molar-refractivity contribution in [1.82, 2.24) is 9.78 Å². The zero-order valence-electron chi connectivity index (χ0n) is 9.27. The highest BCUT2D eigenvalue weighted by Crippen LogP contribution is 2.31. The van der Waals surface area contributed by atoms with Crippen LogP contribution >= 0.6 is 0 Å². The zero-order chi connectivity index (χ0) is 11.9. The predicted octanol–water partition coefficient (Wildman–Crippen LogP) is 1.39. The SMILES string of the molecule is Cc1nn(CC(=O)C2CC2)c(C)c1[N+](=O)[O-]. The fourth-order valence-electron chi connectivity index (χ4n) is 1.79.